The van der Waals surface area contributed by atoms with E-state index in [2.05, 4.69) is 41.8 Å². The zero-order valence-corrected chi connectivity index (χ0v) is 20.2. The molecule has 2 N–H and O–H groups in total. The number of hydrogen-bond donors (Lipinski definition) is 2. The van der Waals surface area contributed by atoms with Gasteiger partial charge in [-0.05, 0) is 93.4 Å². The molecule has 0 radical (unpaired) electrons. The molecule has 1 aliphatic heterocycles. The lowest BCUT2D eigenvalue weighted by Gasteiger charge is -2.41. The summed E-state index contributed by atoms with van der Waals surface area (Å²) in [4.78, 5) is 0. The fourth-order valence-electron chi connectivity index (χ4n) is 5.05. The summed E-state index contributed by atoms with van der Waals surface area (Å²) in [5.41, 5.74) is 8.83. The zero-order chi connectivity index (χ0) is 22.8. The molecule has 1 saturated carbocycles. The number of thiocarbonyl (C=S) groups is 1. The maximum absolute atomic E-state index is 6.62. The number of nitrogens with zero attached hydrogens (tertiary/aromatic N) is 1. The first-order valence-corrected chi connectivity index (χ1v) is 12.4. The van der Waals surface area contributed by atoms with Gasteiger partial charge in [-0.15, -0.1) is 5.10 Å². The Morgan fingerprint density at radius 2 is 1.85 bits per heavy atom. The van der Waals surface area contributed by atoms with E-state index >= 15 is 0 Å². The van der Waals surface area contributed by atoms with Gasteiger partial charge in [0.1, 0.15) is 16.9 Å². The van der Waals surface area contributed by atoms with Crippen molar-refractivity contribution in [3.8, 4) is 5.75 Å². The summed E-state index contributed by atoms with van der Waals surface area (Å²) in [6.45, 7) is 4.21. The number of rotatable bonds is 3. The third-order valence-corrected chi connectivity index (χ3v) is 7.11. The number of benzene rings is 2. The lowest BCUT2D eigenvalue weighted by molar-refractivity contribution is 0.0109. The molecule has 2 aliphatic rings. The van der Waals surface area contributed by atoms with Gasteiger partial charge in [-0.2, -0.15) is 0 Å². The van der Waals surface area contributed by atoms with Crippen LogP contribution in [0.4, 0.5) is 5.69 Å². The van der Waals surface area contributed by atoms with Crippen LogP contribution in [0.15, 0.2) is 52.0 Å². The van der Waals surface area contributed by atoms with Gasteiger partial charge in [0.05, 0.1) is 0 Å². The number of aryl methyl sites for hydroxylation is 3. The normalized spacial score (nSPS) is 17.5. The number of ether oxygens (including phenoxy) is 1. The van der Waals surface area contributed by atoms with E-state index in [0.29, 0.717) is 10.7 Å². The number of fused-ring (bicyclic) bond motifs is 2. The molecule has 1 aromatic heterocycles. The molecule has 0 atom stereocenters. The summed E-state index contributed by atoms with van der Waals surface area (Å²) in [6.07, 6.45) is 9.25. The zero-order valence-electron chi connectivity index (χ0n) is 19.4. The largest absolute Gasteiger partial charge is 0.487 e. The minimum absolute atomic E-state index is 0.0177. The molecule has 0 unspecified atom stereocenters. The summed E-state index contributed by atoms with van der Waals surface area (Å²) in [5.74, 6) is 0.975. The molecule has 3 aromatic rings. The maximum Gasteiger partial charge on any atom is 0.236 e. The Hall–Kier alpha value is -2.86. The van der Waals surface area contributed by atoms with E-state index in [-0.39, 0.29) is 5.60 Å². The summed E-state index contributed by atoms with van der Waals surface area (Å²) in [6, 6.07) is 14.4. The lowest BCUT2D eigenvalue weighted by Crippen LogP contribution is -2.41. The van der Waals surface area contributed by atoms with Crippen LogP contribution in [0, 0.1) is 6.92 Å². The van der Waals surface area contributed by atoms with Crippen LogP contribution in [0.25, 0.3) is 11.0 Å². The van der Waals surface area contributed by atoms with Gasteiger partial charge in [0.2, 0.25) is 5.55 Å². The SMILES string of the molecule is CCc1c/c(=N\NC(=S)Nc2ccc(C)cc2)oc2cc3c(cc12)CCC1(CCCCC1)O3. The molecular formula is C27H31N3O2S. The van der Waals surface area contributed by atoms with E-state index in [9.17, 15) is 0 Å². The van der Waals surface area contributed by atoms with E-state index in [1.165, 1.54) is 36.0 Å². The van der Waals surface area contributed by atoms with Crippen molar-refractivity contribution in [2.75, 3.05) is 5.32 Å². The van der Waals surface area contributed by atoms with Gasteiger partial charge in [-0.1, -0.05) is 31.0 Å². The summed E-state index contributed by atoms with van der Waals surface area (Å²) >= 11 is 5.40. The van der Waals surface area contributed by atoms with Gasteiger partial charge in [0.15, 0.2) is 5.11 Å². The van der Waals surface area contributed by atoms with Crippen LogP contribution in [0.1, 0.15) is 62.1 Å². The van der Waals surface area contributed by atoms with Gasteiger partial charge < -0.3 is 14.5 Å². The molecule has 1 aliphatic carbocycles. The molecule has 2 heterocycles. The van der Waals surface area contributed by atoms with E-state index in [1.807, 2.05) is 30.3 Å². The first-order valence-electron chi connectivity index (χ1n) is 12.0. The highest BCUT2D eigenvalue weighted by molar-refractivity contribution is 7.80. The number of nitrogens with one attached hydrogen (secondary N) is 2. The van der Waals surface area contributed by atoms with Gasteiger partial charge in [-0.3, -0.25) is 0 Å². The Kier molecular flexibility index (Phi) is 6.11. The van der Waals surface area contributed by atoms with E-state index in [1.54, 1.807) is 0 Å². The van der Waals surface area contributed by atoms with Gasteiger partial charge >= 0.3 is 0 Å². The minimum Gasteiger partial charge on any atom is -0.487 e. The van der Waals surface area contributed by atoms with Gasteiger partial charge in [0.25, 0.3) is 0 Å². The molecule has 33 heavy (non-hydrogen) atoms. The van der Waals surface area contributed by atoms with Gasteiger partial charge in [0, 0.05) is 23.2 Å². The lowest BCUT2D eigenvalue weighted by atomic mass is 9.79. The van der Waals surface area contributed by atoms with Crippen LogP contribution in [0.5, 0.6) is 5.75 Å². The first kappa shape index (κ1) is 22.0. The minimum atomic E-state index is 0.0177. The molecule has 6 heteroatoms. The van der Waals surface area contributed by atoms with Crippen LogP contribution in [0.3, 0.4) is 0 Å². The molecule has 1 spiro atoms. The second-order valence-electron chi connectivity index (χ2n) is 9.31. The molecule has 2 aromatic carbocycles. The molecule has 0 bridgehead atoms. The van der Waals surface area contributed by atoms with Crippen LogP contribution in [-0.2, 0) is 12.8 Å². The Morgan fingerprint density at radius 1 is 1.06 bits per heavy atom. The molecule has 1 fully saturated rings. The van der Waals surface area contributed by atoms with Crippen molar-refractivity contribution >= 4 is 34.0 Å². The summed E-state index contributed by atoms with van der Waals surface area (Å²) < 4.78 is 12.8. The monoisotopic (exact) mass is 461 g/mol. The smallest absolute Gasteiger partial charge is 0.236 e. The number of hydrogen-bond acceptors (Lipinski definition) is 4. The van der Waals surface area contributed by atoms with E-state index in [0.717, 1.165) is 54.5 Å². The predicted octanol–water partition coefficient (Wildman–Crippen LogP) is 6.13. The van der Waals surface area contributed by atoms with Crippen LogP contribution in [-0.4, -0.2) is 10.7 Å². The third-order valence-electron chi connectivity index (χ3n) is 6.92. The summed E-state index contributed by atoms with van der Waals surface area (Å²) in [7, 11) is 0. The molecule has 5 nitrogen and oxygen atoms in total. The first-order chi connectivity index (χ1) is 16.0. The van der Waals surface area contributed by atoms with Crippen LogP contribution in [0.2, 0.25) is 0 Å². The second kappa shape index (κ2) is 9.18. The second-order valence-corrected chi connectivity index (χ2v) is 9.72. The van der Waals surface area contributed by atoms with Gasteiger partial charge in [-0.25, -0.2) is 5.43 Å². The van der Waals surface area contributed by atoms with Crippen molar-refractivity contribution in [2.45, 2.75) is 70.8 Å². The van der Waals surface area contributed by atoms with Crippen molar-refractivity contribution in [1.29, 1.82) is 0 Å². The molecule has 0 amide bonds. The van der Waals surface area contributed by atoms with E-state index in [4.69, 9.17) is 21.4 Å². The van der Waals surface area contributed by atoms with Crippen molar-refractivity contribution in [3.05, 3.63) is 64.7 Å². The predicted molar refractivity (Wildman–Crippen MR) is 136 cm³/mol. The highest BCUT2D eigenvalue weighted by atomic mass is 32.1. The Morgan fingerprint density at radius 3 is 2.61 bits per heavy atom. The van der Waals surface area contributed by atoms with Crippen LogP contribution >= 0.6 is 12.2 Å². The van der Waals surface area contributed by atoms with Crippen molar-refractivity contribution in [1.82, 2.24) is 5.43 Å². The average Bonchev–Trinajstić information content (AvgIpc) is 2.83. The molecule has 0 saturated heterocycles. The van der Waals surface area contributed by atoms with Crippen molar-refractivity contribution < 1.29 is 9.15 Å². The Labute approximate surface area is 200 Å². The maximum atomic E-state index is 6.62. The fraction of sp³-hybridized carbons (Fsp3) is 0.407. The van der Waals surface area contributed by atoms with Crippen molar-refractivity contribution in [2.24, 2.45) is 5.10 Å². The number of anilines is 1. The molecular weight excluding hydrogens is 430 g/mol. The third kappa shape index (κ3) is 4.76. The Bertz CT molecular complexity index is 1240. The molecule has 5 rings (SSSR count). The topological polar surface area (TPSA) is 58.8 Å². The quantitative estimate of drug-likeness (QED) is 0.363. The summed E-state index contributed by atoms with van der Waals surface area (Å²) in [5, 5.41) is 9.11. The average molecular weight is 462 g/mol. The highest BCUT2D eigenvalue weighted by Crippen LogP contribution is 2.43. The van der Waals surface area contributed by atoms with E-state index < -0.39 is 0 Å². The standard InChI is InChI=1S/C27H31N3O2S/c1-3-19-16-25(29-30-26(33)28-21-9-7-18(2)8-10-21)31-24-17-23-20(15-22(19)24)11-14-27(32-23)12-5-4-6-13-27/h7-10,15-17H,3-6,11-14H2,1-2H3,(H2,28,30,33)/b29-25+. The van der Waals surface area contributed by atoms with Crippen LogP contribution < -0.4 is 21.0 Å². The highest BCUT2D eigenvalue weighted by Gasteiger charge is 2.37. The Balaban J connectivity index is 1.41. The fourth-order valence-corrected chi connectivity index (χ4v) is 5.21. The molecule has 172 valence electrons. The van der Waals surface area contributed by atoms with Crippen molar-refractivity contribution in [3.63, 3.8) is 0 Å².